The average molecular weight is 553 g/mol. The molecule has 0 amide bonds. The van der Waals surface area contributed by atoms with Crippen LogP contribution >= 0.6 is 11.3 Å². The number of pyridine rings is 1. The molecule has 0 bridgehead atoms. The van der Waals surface area contributed by atoms with Gasteiger partial charge >= 0.3 is 6.18 Å². The predicted octanol–water partition coefficient (Wildman–Crippen LogP) is 6.61. The zero-order chi connectivity index (χ0) is 26.9. The third-order valence-corrected chi connectivity index (χ3v) is 6.64. The van der Waals surface area contributed by atoms with Crippen molar-refractivity contribution in [3.05, 3.63) is 70.9 Å². The molecule has 6 aromatic rings. The maximum Gasteiger partial charge on any atom is 0.433 e. The number of fused-ring (bicyclic) bond motifs is 5. The molecule has 0 aliphatic heterocycles. The Kier molecular flexibility index (Phi) is 5.31. The summed E-state index contributed by atoms with van der Waals surface area (Å²) in [6.07, 6.45) is -3.27. The molecule has 0 fully saturated rings. The summed E-state index contributed by atoms with van der Waals surface area (Å²) in [6, 6.07) is 3.83. The molecule has 0 unspecified atom stereocenters. The molecular formula is C23H10F7N5O2S. The van der Waals surface area contributed by atoms with Crippen LogP contribution in [-0.4, -0.2) is 24.6 Å². The Morgan fingerprint density at radius 3 is 2.47 bits per heavy atom. The molecule has 194 valence electrons. The van der Waals surface area contributed by atoms with E-state index in [1.54, 1.807) is 0 Å². The van der Waals surface area contributed by atoms with Crippen molar-refractivity contribution < 1.29 is 39.9 Å². The lowest BCUT2D eigenvalue weighted by Crippen LogP contribution is -2.07. The first kappa shape index (κ1) is 24.1. The van der Waals surface area contributed by atoms with E-state index in [1.807, 2.05) is 0 Å². The van der Waals surface area contributed by atoms with Crippen LogP contribution in [0.1, 0.15) is 17.0 Å². The van der Waals surface area contributed by atoms with Gasteiger partial charge in [0.2, 0.25) is 17.5 Å². The number of aromatic nitrogens is 5. The van der Waals surface area contributed by atoms with Crippen LogP contribution in [0.4, 0.5) is 30.7 Å². The summed E-state index contributed by atoms with van der Waals surface area (Å²) < 4.78 is 106. The highest BCUT2D eigenvalue weighted by atomic mass is 32.1. The summed E-state index contributed by atoms with van der Waals surface area (Å²) >= 11 is 0.980. The van der Waals surface area contributed by atoms with Crippen molar-refractivity contribution >= 4 is 37.4 Å². The molecule has 0 aliphatic rings. The standard InChI is InChI=1S/C23H10F7N5O2S/c1-8-4-13(23(28,29)30)32-22-14(8)17-19(38-22)21-33-20(34-35(21)7-31-17)12-3-2-9(37-12)6-36-18-15(26)10(24)5-11(25)16(18)27/h2-5,7H,6H2,1H3. The van der Waals surface area contributed by atoms with Gasteiger partial charge in [0.25, 0.3) is 0 Å². The molecule has 0 radical (unpaired) electrons. The molecule has 0 saturated heterocycles. The molecule has 0 aliphatic carbocycles. The van der Waals surface area contributed by atoms with Crippen molar-refractivity contribution in [3.8, 4) is 17.3 Å². The first-order chi connectivity index (χ1) is 18.0. The number of hydrogen-bond acceptors (Lipinski definition) is 7. The molecule has 38 heavy (non-hydrogen) atoms. The SMILES string of the molecule is Cc1cc(C(F)(F)F)nc2sc3c(ncn4nc(-c5ccc(COc6c(F)c(F)cc(F)c6F)o5)nc34)c12. The van der Waals surface area contributed by atoms with Gasteiger partial charge in [0.15, 0.2) is 28.8 Å². The van der Waals surface area contributed by atoms with Crippen LogP contribution in [0.3, 0.4) is 0 Å². The molecule has 6 rings (SSSR count). The van der Waals surface area contributed by atoms with Gasteiger partial charge in [0.05, 0.1) is 5.52 Å². The highest BCUT2D eigenvalue weighted by Gasteiger charge is 2.34. The highest BCUT2D eigenvalue weighted by molar-refractivity contribution is 7.26. The van der Waals surface area contributed by atoms with E-state index in [-0.39, 0.29) is 33.9 Å². The molecular weight excluding hydrogens is 543 g/mol. The fraction of sp³-hybridized carbons (Fsp3) is 0.130. The van der Waals surface area contributed by atoms with E-state index in [1.165, 1.54) is 29.9 Å². The van der Waals surface area contributed by atoms with Crippen LogP contribution in [0, 0.1) is 30.2 Å². The Labute approximate surface area is 210 Å². The molecule has 0 N–H and O–H groups in total. The van der Waals surface area contributed by atoms with E-state index in [4.69, 9.17) is 9.15 Å². The highest BCUT2D eigenvalue weighted by Crippen LogP contribution is 2.39. The van der Waals surface area contributed by atoms with E-state index >= 15 is 0 Å². The summed E-state index contributed by atoms with van der Waals surface area (Å²) in [5.74, 6) is -7.63. The summed E-state index contributed by atoms with van der Waals surface area (Å²) in [4.78, 5) is 12.6. The quantitative estimate of drug-likeness (QED) is 0.181. The molecule has 5 heterocycles. The van der Waals surface area contributed by atoms with E-state index in [0.717, 1.165) is 17.4 Å². The van der Waals surface area contributed by atoms with Crippen molar-refractivity contribution in [2.45, 2.75) is 19.7 Å². The van der Waals surface area contributed by atoms with Gasteiger partial charge in [-0.1, -0.05) is 0 Å². The van der Waals surface area contributed by atoms with Gasteiger partial charge in [-0.3, -0.25) is 0 Å². The molecule has 1 aromatic carbocycles. The third-order valence-electron chi connectivity index (χ3n) is 5.57. The smallest absolute Gasteiger partial charge is 0.433 e. The Morgan fingerprint density at radius 1 is 1.03 bits per heavy atom. The summed E-state index contributed by atoms with van der Waals surface area (Å²) in [6.45, 7) is 0.966. The van der Waals surface area contributed by atoms with Crippen LogP contribution in [0.25, 0.3) is 37.7 Å². The number of rotatable bonds is 4. The minimum absolute atomic E-state index is 0.0342. The first-order valence-corrected chi connectivity index (χ1v) is 11.4. The monoisotopic (exact) mass is 553 g/mol. The first-order valence-electron chi connectivity index (χ1n) is 10.6. The number of thiophene rings is 1. The Morgan fingerprint density at radius 2 is 1.76 bits per heavy atom. The van der Waals surface area contributed by atoms with Crippen LogP contribution in [-0.2, 0) is 12.8 Å². The summed E-state index contributed by atoms with van der Waals surface area (Å²) in [5, 5.41) is 4.73. The van der Waals surface area contributed by atoms with Crippen LogP contribution < -0.4 is 4.74 Å². The van der Waals surface area contributed by atoms with E-state index in [9.17, 15) is 30.7 Å². The maximum absolute atomic E-state index is 13.8. The molecule has 5 aromatic heterocycles. The molecule has 15 heteroatoms. The second-order valence-corrected chi connectivity index (χ2v) is 9.08. The lowest BCUT2D eigenvalue weighted by Gasteiger charge is -2.08. The normalized spacial score (nSPS) is 12.3. The van der Waals surface area contributed by atoms with Crippen molar-refractivity contribution in [3.63, 3.8) is 0 Å². The second-order valence-electron chi connectivity index (χ2n) is 8.08. The second kappa shape index (κ2) is 8.37. The van der Waals surface area contributed by atoms with Crippen molar-refractivity contribution in [2.24, 2.45) is 0 Å². The topological polar surface area (TPSA) is 78.3 Å². The zero-order valence-corrected chi connectivity index (χ0v) is 19.5. The largest absolute Gasteiger partial charge is 0.479 e. The van der Waals surface area contributed by atoms with Crippen molar-refractivity contribution in [2.75, 3.05) is 0 Å². The lowest BCUT2D eigenvalue weighted by atomic mass is 10.1. The number of furan rings is 1. The molecule has 7 nitrogen and oxygen atoms in total. The fourth-order valence-corrected chi connectivity index (χ4v) is 5.04. The number of benzene rings is 1. The molecule has 0 spiro atoms. The predicted molar refractivity (Wildman–Crippen MR) is 120 cm³/mol. The minimum atomic E-state index is -4.61. The van der Waals surface area contributed by atoms with Crippen LogP contribution in [0.2, 0.25) is 0 Å². The van der Waals surface area contributed by atoms with Gasteiger partial charge < -0.3 is 9.15 Å². The van der Waals surface area contributed by atoms with Crippen molar-refractivity contribution in [1.29, 1.82) is 0 Å². The van der Waals surface area contributed by atoms with Crippen LogP contribution in [0.15, 0.2) is 35.0 Å². The van der Waals surface area contributed by atoms with Crippen molar-refractivity contribution in [1.82, 2.24) is 24.6 Å². The maximum atomic E-state index is 13.8. The van der Waals surface area contributed by atoms with E-state index in [0.29, 0.717) is 21.2 Å². The number of hydrogen-bond donors (Lipinski definition) is 0. The molecule has 0 saturated carbocycles. The number of alkyl halides is 3. The lowest BCUT2D eigenvalue weighted by molar-refractivity contribution is -0.141. The van der Waals surface area contributed by atoms with Gasteiger partial charge in [-0.15, -0.1) is 16.4 Å². The van der Waals surface area contributed by atoms with E-state index < -0.39 is 47.5 Å². The van der Waals surface area contributed by atoms with Crippen LogP contribution in [0.5, 0.6) is 5.75 Å². The number of halogens is 7. The van der Waals surface area contributed by atoms with Gasteiger partial charge in [0.1, 0.15) is 33.9 Å². The third kappa shape index (κ3) is 3.81. The number of aryl methyl sites for hydroxylation is 1. The van der Waals surface area contributed by atoms with Gasteiger partial charge in [-0.05, 0) is 30.7 Å². The Hall–Kier alpha value is -4.27. The number of ether oxygens (including phenoxy) is 1. The van der Waals surface area contributed by atoms with E-state index in [2.05, 4.69) is 20.1 Å². The summed E-state index contributed by atoms with van der Waals surface area (Å²) in [7, 11) is 0. The minimum Gasteiger partial charge on any atom is -0.479 e. The zero-order valence-electron chi connectivity index (χ0n) is 18.7. The van der Waals surface area contributed by atoms with Gasteiger partial charge in [0, 0.05) is 11.5 Å². The Bertz CT molecular complexity index is 1870. The average Bonchev–Trinajstić information content (AvgIpc) is 3.58. The Balaban J connectivity index is 1.35. The number of nitrogens with zero attached hydrogens (tertiary/aromatic N) is 5. The van der Waals surface area contributed by atoms with Gasteiger partial charge in [-0.2, -0.15) is 22.0 Å². The summed E-state index contributed by atoms with van der Waals surface area (Å²) in [5.41, 5.74) is 0.0369. The van der Waals surface area contributed by atoms with Gasteiger partial charge in [-0.25, -0.2) is 28.2 Å². The fourth-order valence-electron chi connectivity index (χ4n) is 3.86. The molecule has 0 atom stereocenters.